The van der Waals surface area contributed by atoms with Crippen molar-refractivity contribution in [2.45, 2.75) is 38.1 Å². The van der Waals surface area contributed by atoms with Crippen molar-refractivity contribution in [3.8, 4) is 0 Å². The molecule has 2 rings (SSSR count). The maximum atomic E-state index is 3.85. The summed E-state index contributed by atoms with van der Waals surface area (Å²) in [4.78, 5) is 2.62. The molecule has 1 saturated carbocycles. The van der Waals surface area contributed by atoms with Crippen LogP contribution in [0.3, 0.4) is 0 Å². The van der Waals surface area contributed by atoms with Crippen LogP contribution < -0.4 is 5.32 Å². The number of piperidine rings is 1. The summed E-state index contributed by atoms with van der Waals surface area (Å²) >= 11 is 0. The van der Waals surface area contributed by atoms with Gasteiger partial charge in [-0.15, -0.1) is 6.58 Å². The molecular formula is C13H24N2. The average Bonchev–Trinajstić information content (AvgIpc) is 3.09. The maximum Gasteiger partial charge on any atom is 0.0163 e. The third-order valence-electron chi connectivity index (χ3n) is 3.71. The second-order valence-corrected chi connectivity index (χ2v) is 5.00. The number of nitrogens with one attached hydrogen (secondary N) is 1. The summed E-state index contributed by atoms with van der Waals surface area (Å²) in [7, 11) is 0. The molecule has 0 spiro atoms. The Bertz CT molecular complexity index is 193. The summed E-state index contributed by atoms with van der Waals surface area (Å²) < 4.78 is 0. The van der Waals surface area contributed by atoms with Crippen LogP contribution in [0.15, 0.2) is 12.7 Å². The summed E-state index contributed by atoms with van der Waals surface area (Å²) in [5, 5.41) is 3.43. The van der Waals surface area contributed by atoms with Crippen molar-refractivity contribution in [2.75, 3.05) is 26.2 Å². The van der Waals surface area contributed by atoms with Crippen LogP contribution in [0, 0.1) is 5.92 Å². The van der Waals surface area contributed by atoms with Crippen LogP contribution in [0.5, 0.6) is 0 Å². The van der Waals surface area contributed by atoms with Crippen LogP contribution in [-0.2, 0) is 0 Å². The predicted octanol–water partition coefficient (Wildman–Crippen LogP) is 2.03. The lowest BCUT2D eigenvalue weighted by molar-refractivity contribution is 0.246. The molecule has 2 nitrogen and oxygen atoms in total. The zero-order valence-electron chi connectivity index (χ0n) is 9.75. The van der Waals surface area contributed by atoms with E-state index in [0.717, 1.165) is 18.5 Å². The molecule has 1 aliphatic carbocycles. The maximum absolute atomic E-state index is 3.85. The van der Waals surface area contributed by atoms with E-state index in [1.165, 1.54) is 51.7 Å². The Morgan fingerprint density at radius 2 is 1.93 bits per heavy atom. The van der Waals surface area contributed by atoms with Gasteiger partial charge in [0.1, 0.15) is 0 Å². The fraction of sp³-hybridized carbons (Fsp3) is 0.846. The third-order valence-corrected chi connectivity index (χ3v) is 3.71. The monoisotopic (exact) mass is 208 g/mol. The molecule has 2 heteroatoms. The molecule has 1 aliphatic heterocycles. The second-order valence-electron chi connectivity index (χ2n) is 5.00. The minimum absolute atomic E-state index is 0.893. The van der Waals surface area contributed by atoms with Gasteiger partial charge in [0.25, 0.3) is 0 Å². The summed E-state index contributed by atoms with van der Waals surface area (Å²) in [5.74, 6) is 0.970. The molecule has 0 amide bonds. The molecule has 1 N–H and O–H groups in total. The summed E-state index contributed by atoms with van der Waals surface area (Å²) in [6, 6.07) is 0.893. The number of hydrogen-bond donors (Lipinski definition) is 1. The molecule has 0 atom stereocenters. The van der Waals surface area contributed by atoms with Gasteiger partial charge >= 0.3 is 0 Å². The van der Waals surface area contributed by atoms with Gasteiger partial charge in [-0.3, -0.25) is 4.90 Å². The van der Waals surface area contributed by atoms with E-state index in [2.05, 4.69) is 22.9 Å². The van der Waals surface area contributed by atoms with E-state index in [9.17, 15) is 0 Å². The van der Waals surface area contributed by atoms with Crippen LogP contribution in [-0.4, -0.2) is 37.1 Å². The van der Waals surface area contributed by atoms with Gasteiger partial charge < -0.3 is 5.32 Å². The molecule has 0 unspecified atom stereocenters. The SMILES string of the molecule is C=CCN(CCC1CCNCC1)C1CC1. The largest absolute Gasteiger partial charge is 0.317 e. The summed E-state index contributed by atoms with van der Waals surface area (Å²) in [6.07, 6.45) is 9.05. The molecule has 2 aliphatic rings. The first-order valence-electron chi connectivity index (χ1n) is 6.46. The normalized spacial score (nSPS) is 23.3. The van der Waals surface area contributed by atoms with E-state index in [1.54, 1.807) is 0 Å². The van der Waals surface area contributed by atoms with Gasteiger partial charge in [0.05, 0.1) is 0 Å². The minimum atomic E-state index is 0.893. The predicted molar refractivity (Wildman–Crippen MR) is 65.0 cm³/mol. The highest BCUT2D eigenvalue weighted by Crippen LogP contribution is 2.28. The fourth-order valence-corrected chi connectivity index (χ4v) is 2.55. The second kappa shape index (κ2) is 5.66. The van der Waals surface area contributed by atoms with E-state index in [-0.39, 0.29) is 0 Å². The standard InChI is InChI=1S/C13H24N2/c1-2-10-15(13-3-4-13)11-7-12-5-8-14-9-6-12/h2,12-14H,1,3-11H2. The fourth-order valence-electron chi connectivity index (χ4n) is 2.55. The first-order valence-corrected chi connectivity index (χ1v) is 6.46. The Balaban J connectivity index is 1.67. The van der Waals surface area contributed by atoms with Gasteiger partial charge in [0, 0.05) is 12.6 Å². The molecule has 0 aromatic heterocycles. The first-order chi connectivity index (χ1) is 7.40. The Hall–Kier alpha value is -0.340. The highest BCUT2D eigenvalue weighted by atomic mass is 15.2. The lowest BCUT2D eigenvalue weighted by Gasteiger charge is -2.26. The van der Waals surface area contributed by atoms with Crippen LogP contribution >= 0.6 is 0 Å². The van der Waals surface area contributed by atoms with Gasteiger partial charge in [-0.2, -0.15) is 0 Å². The quantitative estimate of drug-likeness (QED) is 0.672. The summed E-state index contributed by atoms with van der Waals surface area (Å²) in [5.41, 5.74) is 0. The van der Waals surface area contributed by atoms with Gasteiger partial charge in [-0.25, -0.2) is 0 Å². The summed E-state index contributed by atoms with van der Waals surface area (Å²) in [6.45, 7) is 8.70. The number of rotatable bonds is 6. The molecule has 0 bridgehead atoms. The van der Waals surface area contributed by atoms with Crippen LogP contribution in [0.2, 0.25) is 0 Å². The van der Waals surface area contributed by atoms with E-state index < -0.39 is 0 Å². The molecule has 0 radical (unpaired) electrons. The average molecular weight is 208 g/mol. The van der Waals surface area contributed by atoms with Crippen molar-refractivity contribution < 1.29 is 0 Å². The zero-order chi connectivity index (χ0) is 10.5. The Labute approximate surface area is 93.7 Å². The topological polar surface area (TPSA) is 15.3 Å². The van der Waals surface area contributed by atoms with Crippen molar-refractivity contribution in [3.05, 3.63) is 12.7 Å². The number of hydrogen-bond acceptors (Lipinski definition) is 2. The van der Waals surface area contributed by atoms with Gasteiger partial charge in [0.2, 0.25) is 0 Å². The van der Waals surface area contributed by atoms with Gasteiger partial charge in [-0.05, 0) is 57.7 Å². The number of nitrogens with zero attached hydrogens (tertiary/aromatic N) is 1. The van der Waals surface area contributed by atoms with Crippen molar-refractivity contribution in [1.29, 1.82) is 0 Å². The lowest BCUT2D eigenvalue weighted by Crippen LogP contribution is -2.32. The molecule has 1 heterocycles. The van der Waals surface area contributed by atoms with E-state index in [0.29, 0.717) is 0 Å². The lowest BCUT2D eigenvalue weighted by atomic mass is 9.94. The third kappa shape index (κ3) is 3.62. The first kappa shape index (κ1) is 11.2. The molecule has 86 valence electrons. The smallest absolute Gasteiger partial charge is 0.0163 e. The molecule has 15 heavy (non-hydrogen) atoms. The Morgan fingerprint density at radius 1 is 1.20 bits per heavy atom. The zero-order valence-corrected chi connectivity index (χ0v) is 9.75. The molecule has 1 saturated heterocycles. The van der Waals surface area contributed by atoms with E-state index in [4.69, 9.17) is 0 Å². The highest BCUT2D eigenvalue weighted by Gasteiger charge is 2.28. The molecule has 0 aromatic rings. The van der Waals surface area contributed by atoms with E-state index >= 15 is 0 Å². The van der Waals surface area contributed by atoms with Gasteiger partial charge in [-0.1, -0.05) is 6.08 Å². The minimum Gasteiger partial charge on any atom is -0.317 e. The van der Waals surface area contributed by atoms with Crippen LogP contribution in [0.4, 0.5) is 0 Å². The molecular weight excluding hydrogens is 184 g/mol. The van der Waals surface area contributed by atoms with Crippen LogP contribution in [0.25, 0.3) is 0 Å². The molecule has 0 aromatic carbocycles. The van der Waals surface area contributed by atoms with E-state index in [1.807, 2.05) is 0 Å². The van der Waals surface area contributed by atoms with Crippen molar-refractivity contribution in [1.82, 2.24) is 10.2 Å². The van der Waals surface area contributed by atoms with Crippen molar-refractivity contribution in [2.24, 2.45) is 5.92 Å². The van der Waals surface area contributed by atoms with Crippen molar-refractivity contribution in [3.63, 3.8) is 0 Å². The molecule has 2 fully saturated rings. The van der Waals surface area contributed by atoms with Crippen molar-refractivity contribution >= 4 is 0 Å². The Morgan fingerprint density at radius 3 is 2.53 bits per heavy atom. The Kier molecular flexibility index (Phi) is 4.21. The highest BCUT2D eigenvalue weighted by molar-refractivity contribution is 4.88. The van der Waals surface area contributed by atoms with Crippen LogP contribution in [0.1, 0.15) is 32.1 Å². The van der Waals surface area contributed by atoms with Gasteiger partial charge in [0.15, 0.2) is 0 Å².